The highest BCUT2D eigenvalue weighted by Gasteiger charge is 2.48. The second-order valence-corrected chi connectivity index (χ2v) is 5.77. The van der Waals surface area contributed by atoms with Gasteiger partial charge in [-0.05, 0) is 25.1 Å². The predicted molar refractivity (Wildman–Crippen MR) is 82.2 cm³/mol. The molecule has 0 unspecified atom stereocenters. The Kier molecular flexibility index (Phi) is 4.48. The standard InChI is InChI=1S/C16H16O9/c1-6-4-7-2-3-8(5-9(7)24-15(6)22)23-16-12(19)10(17)11(18)13(25-16)14(20)21/h2-5,10-13,16-19H,1H3,(H,20,21)/t10-,11-,12+,13-,16+/m0/s1. The summed E-state index contributed by atoms with van der Waals surface area (Å²) in [6, 6.07) is 6.12. The molecule has 1 aromatic heterocycles. The summed E-state index contributed by atoms with van der Waals surface area (Å²) in [7, 11) is 0. The van der Waals surface area contributed by atoms with Crippen LogP contribution in [0.15, 0.2) is 33.5 Å². The fraction of sp³-hybridized carbons (Fsp3) is 0.375. The van der Waals surface area contributed by atoms with Crippen LogP contribution >= 0.6 is 0 Å². The van der Waals surface area contributed by atoms with Crippen molar-refractivity contribution in [1.82, 2.24) is 0 Å². The van der Waals surface area contributed by atoms with Crippen molar-refractivity contribution in [1.29, 1.82) is 0 Å². The second kappa shape index (κ2) is 6.45. The van der Waals surface area contributed by atoms with Gasteiger partial charge in [-0.15, -0.1) is 0 Å². The van der Waals surface area contributed by atoms with Gasteiger partial charge in [0.05, 0.1) is 0 Å². The molecular weight excluding hydrogens is 336 g/mol. The second-order valence-electron chi connectivity index (χ2n) is 5.77. The zero-order valence-electron chi connectivity index (χ0n) is 13.0. The summed E-state index contributed by atoms with van der Waals surface area (Å²) >= 11 is 0. The van der Waals surface area contributed by atoms with Crippen molar-refractivity contribution in [2.75, 3.05) is 0 Å². The summed E-state index contributed by atoms with van der Waals surface area (Å²) in [6.45, 7) is 1.61. The zero-order valence-corrected chi connectivity index (χ0v) is 13.0. The van der Waals surface area contributed by atoms with Crippen LogP contribution in [0.3, 0.4) is 0 Å². The van der Waals surface area contributed by atoms with E-state index in [1.807, 2.05) is 0 Å². The first-order valence-corrected chi connectivity index (χ1v) is 7.41. The number of aliphatic carboxylic acids is 1. The van der Waals surface area contributed by atoms with Gasteiger partial charge in [-0.2, -0.15) is 0 Å². The zero-order chi connectivity index (χ0) is 18.3. The molecule has 4 N–H and O–H groups in total. The topological polar surface area (TPSA) is 147 Å². The van der Waals surface area contributed by atoms with Crippen LogP contribution < -0.4 is 10.4 Å². The lowest BCUT2D eigenvalue weighted by Crippen LogP contribution is -2.61. The number of aliphatic hydroxyl groups excluding tert-OH is 3. The number of aryl methyl sites for hydroxylation is 1. The largest absolute Gasteiger partial charge is 0.479 e. The van der Waals surface area contributed by atoms with Gasteiger partial charge in [0.1, 0.15) is 29.6 Å². The number of hydrogen-bond donors (Lipinski definition) is 4. The first kappa shape index (κ1) is 17.4. The van der Waals surface area contributed by atoms with Crippen LogP contribution in [-0.4, -0.2) is 57.1 Å². The van der Waals surface area contributed by atoms with E-state index >= 15 is 0 Å². The van der Waals surface area contributed by atoms with Crippen molar-refractivity contribution in [3.8, 4) is 5.75 Å². The molecule has 2 heterocycles. The lowest BCUT2D eigenvalue weighted by atomic mass is 9.99. The van der Waals surface area contributed by atoms with Crippen LogP contribution in [-0.2, 0) is 9.53 Å². The number of rotatable bonds is 3. The van der Waals surface area contributed by atoms with Crippen molar-refractivity contribution in [3.05, 3.63) is 40.2 Å². The van der Waals surface area contributed by atoms with Gasteiger partial charge < -0.3 is 34.3 Å². The van der Waals surface area contributed by atoms with Gasteiger partial charge >= 0.3 is 11.6 Å². The molecule has 0 saturated carbocycles. The molecule has 5 atom stereocenters. The minimum Gasteiger partial charge on any atom is -0.479 e. The maximum absolute atomic E-state index is 11.6. The Hall–Kier alpha value is -2.46. The first-order chi connectivity index (χ1) is 11.8. The molecule has 134 valence electrons. The summed E-state index contributed by atoms with van der Waals surface area (Å²) in [5, 5.41) is 39.0. The molecule has 1 aliphatic rings. The first-order valence-electron chi connectivity index (χ1n) is 7.41. The molecule has 0 radical (unpaired) electrons. The smallest absolute Gasteiger partial charge is 0.339 e. The Balaban J connectivity index is 1.87. The Bertz CT molecular complexity index is 858. The van der Waals surface area contributed by atoms with Crippen molar-refractivity contribution in [3.63, 3.8) is 0 Å². The highest BCUT2D eigenvalue weighted by Crippen LogP contribution is 2.26. The number of carbonyl (C=O) groups is 1. The number of aliphatic hydroxyl groups is 3. The third-order valence-corrected chi connectivity index (χ3v) is 3.95. The monoisotopic (exact) mass is 352 g/mol. The Morgan fingerprint density at radius 2 is 1.84 bits per heavy atom. The molecule has 2 aromatic rings. The molecular formula is C16H16O9. The molecule has 0 aliphatic carbocycles. The highest BCUT2D eigenvalue weighted by molar-refractivity contribution is 5.78. The third kappa shape index (κ3) is 3.22. The van der Waals surface area contributed by atoms with E-state index in [-0.39, 0.29) is 11.3 Å². The molecule has 25 heavy (non-hydrogen) atoms. The van der Waals surface area contributed by atoms with Gasteiger partial charge in [0, 0.05) is 17.0 Å². The summed E-state index contributed by atoms with van der Waals surface area (Å²) in [5.41, 5.74) is 0.158. The van der Waals surface area contributed by atoms with Gasteiger partial charge in [-0.25, -0.2) is 9.59 Å². The number of ether oxygens (including phenoxy) is 2. The van der Waals surface area contributed by atoms with E-state index in [1.54, 1.807) is 19.1 Å². The average molecular weight is 352 g/mol. The maximum atomic E-state index is 11.6. The van der Waals surface area contributed by atoms with Crippen LogP contribution in [0.2, 0.25) is 0 Å². The van der Waals surface area contributed by atoms with Crippen LogP contribution in [0.25, 0.3) is 11.0 Å². The minimum atomic E-state index is -1.80. The molecule has 1 aromatic carbocycles. The van der Waals surface area contributed by atoms with E-state index in [0.717, 1.165) is 0 Å². The third-order valence-electron chi connectivity index (χ3n) is 3.95. The fourth-order valence-corrected chi connectivity index (χ4v) is 2.55. The van der Waals surface area contributed by atoms with Crippen LogP contribution in [0.1, 0.15) is 5.56 Å². The normalized spacial score (nSPS) is 29.5. The van der Waals surface area contributed by atoms with Crippen molar-refractivity contribution in [2.45, 2.75) is 37.6 Å². The molecule has 1 aliphatic heterocycles. The number of carboxylic acids is 1. The Morgan fingerprint density at radius 1 is 1.12 bits per heavy atom. The minimum absolute atomic E-state index is 0.122. The van der Waals surface area contributed by atoms with Crippen molar-refractivity contribution < 1.29 is 39.1 Å². The van der Waals surface area contributed by atoms with Crippen LogP contribution in [0.5, 0.6) is 5.75 Å². The van der Waals surface area contributed by atoms with E-state index in [1.165, 1.54) is 12.1 Å². The summed E-state index contributed by atoms with van der Waals surface area (Å²) in [4.78, 5) is 22.7. The summed E-state index contributed by atoms with van der Waals surface area (Å²) < 4.78 is 15.5. The number of hydrogen-bond acceptors (Lipinski definition) is 8. The van der Waals surface area contributed by atoms with E-state index in [2.05, 4.69) is 0 Å². The van der Waals surface area contributed by atoms with Gasteiger partial charge in [-0.1, -0.05) is 0 Å². The quantitative estimate of drug-likeness (QED) is 0.530. The van der Waals surface area contributed by atoms with Crippen molar-refractivity contribution in [2.24, 2.45) is 0 Å². The van der Waals surface area contributed by atoms with Gasteiger partial charge in [0.25, 0.3) is 0 Å². The van der Waals surface area contributed by atoms with Gasteiger partial charge in [0.2, 0.25) is 6.29 Å². The van der Waals surface area contributed by atoms with Gasteiger partial charge in [0.15, 0.2) is 6.10 Å². The number of fused-ring (bicyclic) bond motifs is 1. The predicted octanol–water partition coefficient (Wildman–Crippen LogP) is -0.628. The van der Waals surface area contributed by atoms with E-state index in [9.17, 15) is 24.9 Å². The van der Waals surface area contributed by atoms with Crippen molar-refractivity contribution >= 4 is 16.9 Å². The number of benzene rings is 1. The fourth-order valence-electron chi connectivity index (χ4n) is 2.55. The van der Waals surface area contributed by atoms with E-state index < -0.39 is 42.3 Å². The Morgan fingerprint density at radius 3 is 2.52 bits per heavy atom. The molecule has 3 rings (SSSR count). The summed E-state index contributed by atoms with van der Waals surface area (Å²) in [6.07, 6.45) is -8.53. The van der Waals surface area contributed by atoms with Gasteiger partial charge in [-0.3, -0.25) is 0 Å². The molecule has 0 bridgehead atoms. The number of carboxylic acid groups (broad SMARTS) is 1. The lowest BCUT2D eigenvalue weighted by molar-refractivity contribution is -0.271. The SMILES string of the molecule is Cc1cc2ccc(O[C@@H]3O[C@H](C(=O)O)[C@@H](O)[C@H](O)[C@H]3O)cc2oc1=O. The average Bonchev–Trinajstić information content (AvgIpc) is 2.56. The Labute approximate surface area is 140 Å². The maximum Gasteiger partial charge on any atom is 0.339 e. The van der Waals surface area contributed by atoms with E-state index in [0.29, 0.717) is 10.9 Å². The summed E-state index contributed by atoms with van der Waals surface area (Å²) in [5.74, 6) is -1.39. The molecule has 9 heteroatoms. The molecule has 9 nitrogen and oxygen atoms in total. The highest BCUT2D eigenvalue weighted by atomic mass is 16.7. The van der Waals surface area contributed by atoms with Crippen LogP contribution in [0, 0.1) is 6.92 Å². The molecule has 1 saturated heterocycles. The van der Waals surface area contributed by atoms with Crippen LogP contribution in [0.4, 0.5) is 0 Å². The molecule has 0 amide bonds. The molecule has 0 spiro atoms. The van der Waals surface area contributed by atoms with E-state index in [4.69, 9.17) is 19.0 Å². The lowest BCUT2D eigenvalue weighted by Gasteiger charge is -2.38. The molecule has 1 fully saturated rings.